The van der Waals surface area contributed by atoms with Crippen LogP contribution in [0.3, 0.4) is 0 Å². The summed E-state index contributed by atoms with van der Waals surface area (Å²) >= 11 is 0. The van der Waals surface area contributed by atoms with E-state index in [1.807, 2.05) is 13.8 Å². The Morgan fingerprint density at radius 2 is 2.16 bits per heavy atom. The van der Waals surface area contributed by atoms with Gasteiger partial charge in [-0.3, -0.25) is 0 Å². The molecule has 0 bridgehead atoms. The van der Waals surface area contributed by atoms with Gasteiger partial charge in [0.25, 0.3) is 5.89 Å². The molecule has 0 unspecified atom stereocenters. The van der Waals surface area contributed by atoms with Crippen molar-refractivity contribution in [3.05, 3.63) is 24.2 Å². The van der Waals surface area contributed by atoms with Crippen LogP contribution in [0.4, 0.5) is 0 Å². The zero-order valence-electron chi connectivity index (χ0n) is 11.4. The highest BCUT2D eigenvalue weighted by atomic mass is 16.5. The first-order valence-corrected chi connectivity index (χ1v) is 6.02. The fourth-order valence-corrected chi connectivity index (χ4v) is 1.45. The molecule has 0 fully saturated rings. The van der Waals surface area contributed by atoms with Crippen LogP contribution in [0.1, 0.15) is 26.7 Å². The molecule has 19 heavy (non-hydrogen) atoms. The summed E-state index contributed by atoms with van der Waals surface area (Å²) in [6, 6.07) is 3.46. The second-order valence-electron chi connectivity index (χ2n) is 4.81. The summed E-state index contributed by atoms with van der Waals surface area (Å²) < 4.78 is 10.2. The van der Waals surface area contributed by atoms with Crippen molar-refractivity contribution < 1.29 is 14.4 Å². The number of aliphatic hydroxyl groups is 1. The van der Waals surface area contributed by atoms with Gasteiger partial charge in [-0.2, -0.15) is 4.98 Å². The van der Waals surface area contributed by atoms with Crippen molar-refractivity contribution in [3.63, 3.8) is 0 Å². The number of ether oxygens (including phenoxy) is 1. The van der Waals surface area contributed by atoms with Gasteiger partial charge in [0, 0.05) is 17.8 Å². The van der Waals surface area contributed by atoms with Gasteiger partial charge in [-0.25, -0.2) is 4.98 Å². The predicted molar refractivity (Wildman–Crippen MR) is 68.5 cm³/mol. The molecule has 0 radical (unpaired) electrons. The molecule has 0 aromatic carbocycles. The lowest BCUT2D eigenvalue weighted by atomic mass is 9.92. The van der Waals surface area contributed by atoms with Crippen LogP contribution in [0.5, 0.6) is 5.88 Å². The van der Waals surface area contributed by atoms with Crippen LogP contribution in [0.25, 0.3) is 11.4 Å². The van der Waals surface area contributed by atoms with Crippen LogP contribution < -0.4 is 4.74 Å². The third-order valence-corrected chi connectivity index (χ3v) is 3.19. The van der Waals surface area contributed by atoms with Crippen LogP contribution >= 0.6 is 0 Å². The molecule has 2 aromatic heterocycles. The molecule has 2 aromatic rings. The lowest BCUT2D eigenvalue weighted by Gasteiger charge is -2.22. The summed E-state index contributed by atoms with van der Waals surface area (Å²) in [6.45, 7) is 5.43. The van der Waals surface area contributed by atoms with E-state index in [0.29, 0.717) is 11.7 Å². The Morgan fingerprint density at radius 3 is 2.79 bits per heavy atom. The van der Waals surface area contributed by atoms with Gasteiger partial charge in [0.2, 0.25) is 11.7 Å². The molecular weight excluding hydrogens is 246 g/mol. The average Bonchev–Trinajstić information content (AvgIpc) is 2.89. The molecule has 6 heteroatoms. The van der Waals surface area contributed by atoms with E-state index in [-0.39, 0.29) is 11.8 Å². The highest BCUT2D eigenvalue weighted by Gasteiger charge is 2.33. The van der Waals surface area contributed by atoms with Crippen molar-refractivity contribution in [2.75, 3.05) is 7.11 Å². The zero-order valence-corrected chi connectivity index (χ0v) is 11.4. The second kappa shape index (κ2) is 4.97. The Labute approximate surface area is 111 Å². The number of pyridine rings is 1. The first-order valence-electron chi connectivity index (χ1n) is 6.02. The molecule has 6 nitrogen and oxygen atoms in total. The fourth-order valence-electron chi connectivity index (χ4n) is 1.45. The molecule has 0 aliphatic heterocycles. The van der Waals surface area contributed by atoms with Crippen LogP contribution in [0.2, 0.25) is 0 Å². The van der Waals surface area contributed by atoms with E-state index in [1.165, 1.54) is 7.11 Å². The molecule has 0 amide bonds. The largest absolute Gasteiger partial charge is 0.481 e. The Bertz CT molecular complexity index is 564. The van der Waals surface area contributed by atoms with Gasteiger partial charge in [-0.15, -0.1) is 0 Å². The predicted octanol–water partition coefficient (Wildman–Crippen LogP) is 2.00. The van der Waals surface area contributed by atoms with Gasteiger partial charge in [-0.05, 0) is 18.9 Å². The third kappa shape index (κ3) is 2.58. The van der Waals surface area contributed by atoms with E-state index in [1.54, 1.807) is 25.3 Å². The lowest BCUT2D eigenvalue weighted by Crippen LogP contribution is -2.28. The topological polar surface area (TPSA) is 81.3 Å². The number of hydrogen-bond donors (Lipinski definition) is 1. The maximum atomic E-state index is 10.3. The van der Waals surface area contributed by atoms with Gasteiger partial charge in [0.05, 0.1) is 7.11 Å². The Morgan fingerprint density at radius 1 is 1.42 bits per heavy atom. The first kappa shape index (κ1) is 13.5. The maximum Gasteiger partial charge on any atom is 0.258 e. The number of aromatic nitrogens is 3. The molecular formula is C13H17N3O3. The van der Waals surface area contributed by atoms with Gasteiger partial charge >= 0.3 is 0 Å². The number of rotatable bonds is 4. The number of nitrogens with zero attached hydrogens (tertiary/aromatic N) is 3. The summed E-state index contributed by atoms with van der Waals surface area (Å²) in [5, 5.41) is 14.2. The lowest BCUT2D eigenvalue weighted by molar-refractivity contribution is -0.0205. The van der Waals surface area contributed by atoms with Crippen LogP contribution in [-0.4, -0.2) is 27.3 Å². The van der Waals surface area contributed by atoms with Crippen LogP contribution in [0.15, 0.2) is 22.9 Å². The van der Waals surface area contributed by atoms with Crippen molar-refractivity contribution in [1.29, 1.82) is 0 Å². The summed E-state index contributed by atoms with van der Waals surface area (Å²) in [7, 11) is 1.54. The molecule has 0 aliphatic carbocycles. The highest BCUT2D eigenvalue weighted by Crippen LogP contribution is 2.29. The van der Waals surface area contributed by atoms with Gasteiger partial charge in [0.1, 0.15) is 5.60 Å². The van der Waals surface area contributed by atoms with E-state index in [2.05, 4.69) is 15.1 Å². The van der Waals surface area contributed by atoms with Crippen molar-refractivity contribution in [1.82, 2.24) is 15.1 Å². The number of hydrogen-bond acceptors (Lipinski definition) is 6. The van der Waals surface area contributed by atoms with Gasteiger partial charge in [0.15, 0.2) is 0 Å². The molecule has 0 spiro atoms. The van der Waals surface area contributed by atoms with Crippen molar-refractivity contribution >= 4 is 0 Å². The van der Waals surface area contributed by atoms with E-state index in [9.17, 15) is 5.11 Å². The third-order valence-electron chi connectivity index (χ3n) is 3.19. The normalized spacial score (nSPS) is 14.4. The van der Waals surface area contributed by atoms with Gasteiger partial charge < -0.3 is 14.4 Å². The van der Waals surface area contributed by atoms with E-state index >= 15 is 0 Å². The average molecular weight is 263 g/mol. The second-order valence-corrected chi connectivity index (χ2v) is 4.81. The number of methoxy groups -OCH3 is 1. The first-order chi connectivity index (χ1) is 8.95. The Kier molecular flexibility index (Phi) is 3.53. The molecule has 2 heterocycles. The SMILES string of the molecule is COc1cc(-c2noc([C@](C)(O)C(C)C)n2)ccn1. The monoisotopic (exact) mass is 263 g/mol. The molecule has 0 aliphatic rings. The van der Waals surface area contributed by atoms with Crippen LogP contribution in [0, 0.1) is 5.92 Å². The molecule has 0 saturated heterocycles. The summed E-state index contributed by atoms with van der Waals surface area (Å²) in [5.74, 6) is 1.04. The zero-order chi connectivity index (χ0) is 14.0. The van der Waals surface area contributed by atoms with Gasteiger partial charge in [-0.1, -0.05) is 19.0 Å². The maximum absolute atomic E-state index is 10.3. The Hall–Kier alpha value is -1.95. The van der Waals surface area contributed by atoms with E-state index in [4.69, 9.17) is 9.26 Å². The summed E-state index contributed by atoms with van der Waals surface area (Å²) in [6.07, 6.45) is 1.60. The fraction of sp³-hybridized carbons (Fsp3) is 0.462. The highest BCUT2D eigenvalue weighted by molar-refractivity contribution is 5.55. The van der Waals surface area contributed by atoms with Crippen molar-refractivity contribution in [3.8, 4) is 17.3 Å². The summed E-state index contributed by atoms with van der Waals surface area (Å²) in [4.78, 5) is 8.25. The van der Waals surface area contributed by atoms with Crippen LogP contribution in [-0.2, 0) is 5.60 Å². The molecule has 2 rings (SSSR count). The smallest absolute Gasteiger partial charge is 0.258 e. The van der Waals surface area contributed by atoms with E-state index in [0.717, 1.165) is 5.56 Å². The minimum Gasteiger partial charge on any atom is -0.481 e. The minimum absolute atomic E-state index is 0.0345. The molecule has 1 N–H and O–H groups in total. The standard InChI is InChI=1S/C13H17N3O3/c1-8(2)13(3,17)12-15-11(16-19-12)9-5-6-14-10(7-9)18-4/h5-8,17H,1-4H3/t13-/m1/s1. The minimum atomic E-state index is -1.15. The molecule has 102 valence electrons. The summed E-state index contributed by atoms with van der Waals surface area (Å²) in [5.41, 5.74) is -0.427. The van der Waals surface area contributed by atoms with Crippen molar-refractivity contribution in [2.24, 2.45) is 5.92 Å². The van der Waals surface area contributed by atoms with E-state index < -0.39 is 5.60 Å². The molecule has 0 saturated carbocycles. The van der Waals surface area contributed by atoms with Crippen molar-refractivity contribution in [2.45, 2.75) is 26.4 Å². The quantitative estimate of drug-likeness (QED) is 0.908. The molecule has 1 atom stereocenters. The Balaban J connectivity index is 2.35.